The monoisotopic (exact) mass is 520 g/mol. The topological polar surface area (TPSA) is 77.0 Å². The van der Waals surface area contributed by atoms with E-state index in [-0.39, 0.29) is 23.3 Å². The molecule has 0 radical (unpaired) electrons. The van der Waals surface area contributed by atoms with Gasteiger partial charge in [0.25, 0.3) is 5.91 Å². The van der Waals surface area contributed by atoms with Crippen LogP contribution in [0.2, 0.25) is 5.02 Å². The highest BCUT2D eigenvalue weighted by molar-refractivity contribution is 6.33. The van der Waals surface area contributed by atoms with Crippen molar-refractivity contribution in [3.63, 3.8) is 0 Å². The largest absolute Gasteiger partial charge is 0.484 e. The molecule has 0 spiro atoms. The molecule has 1 amide bonds. The van der Waals surface area contributed by atoms with Gasteiger partial charge in [0.15, 0.2) is 6.61 Å². The lowest BCUT2D eigenvalue weighted by Gasteiger charge is -2.33. The van der Waals surface area contributed by atoms with E-state index in [0.29, 0.717) is 27.6 Å². The average Bonchev–Trinajstić information content (AvgIpc) is 2.83. The summed E-state index contributed by atoms with van der Waals surface area (Å²) in [5, 5.41) is 4.28. The van der Waals surface area contributed by atoms with Crippen LogP contribution in [-0.4, -0.2) is 24.7 Å². The van der Waals surface area contributed by atoms with Crippen LogP contribution >= 0.6 is 11.6 Å². The van der Waals surface area contributed by atoms with Crippen molar-refractivity contribution >= 4 is 29.7 Å². The van der Waals surface area contributed by atoms with Crippen LogP contribution in [0.5, 0.6) is 11.5 Å². The molecule has 7 heteroatoms. The number of amides is 1. The number of carbonyl (C=O) groups excluding carboxylic acids is 2. The minimum absolute atomic E-state index is 0.0400. The van der Waals surface area contributed by atoms with Gasteiger partial charge in [0.05, 0.1) is 16.8 Å². The summed E-state index contributed by atoms with van der Waals surface area (Å²) in [6.45, 7) is 11.0. The Kier molecular flexibility index (Phi) is 9.11. The first-order chi connectivity index (χ1) is 17.4. The van der Waals surface area contributed by atoms with Gasteiger partial charge in [0.1, 0.15) is 11.5 Å². The maximum atomic E-state index is 12.2. The summed E-state index contributed by atoms with van der Waals surface area (Å²) in [6.07, 6.45) is 2.54. The van der Waals surface area contributed by atoms with Crippen LogP contribution in [-0.2, 0) is 10.2 Å². The van der Waals surface area contributed by atoms with E-state index in [1.807, 2.05) is 24.3 Å². The lowest BCUT2D eigenvalue weighted by molar-refractivity contribution is -0.123. The van der Waals surface area contributed by atoms with Crippen LogP contribution in [0.1, 0.15) is 62.5 Å². The number of benzene rings is 3. The summed E-state index contributed by atoms with van der Waals surface area (Å²) in [4.78, 5) is 24.4. The van der Waals surface area contributed by atoms with Gasteiger partial charge in [0, 0.05) is 0 Å². The van der Waals surface area contributed by atoms with Gasteiger partial charge in [-0.25, -0.2) is 10.2 Å². The van der Waals surface area contributed by atoms with Crippen LogP contribution in [0.15, 0.2) is 77.9 Å². The molecule has 0 heterocycles. The molecule has 0 aliphatic carbocycles. The Hall–Kier alpha value is -3.64. The predicted molar refractivity (Wildman–Crippen MR) is 148 cm³/mol. The van der Waals surface area contributed by atoms with E-state index in [0.717, 1.165) is 6.42 Å². The lowest BCUT2D eigenvalue weighted by atomic mass is 9.72. The minimum atomic E-state index is -0.539. The molecule has 0 unspecified atom stereocenters. The van der Waals surface area contributed by atoms with E-state index >= 15 is 0 Å². The van der Waals surface area contributed by atoms with Crippen molar-refractivity contribution in [1.29, 1.82) is 0 Å². The molecule has 0 saturated carbocycles. The fraction of sp³-hybridized carbons (Fsp3) is 0.300. The summed E-state index contributed by atoms with van der Waals surface area (Å²) in [5.41, 5.74) is 4.95. The molecule has 3 rings (SSSR count). The second-order valence-electron chi connectivity index (χ2n) is 10.7. The van der Waals surface area contributed by atoms with Crippen molar-refractivity contribution in [3.05, 3.63) is 94.5 Å². The molecule has 6 nitrogen and oxygen atoms in total. The molecule has 0 aliphatic rings. The summed E-state index contributed by atoms with van der Waals surface area (Å²) < 4.78 is 10.9. The smallest absolute Gasteiger partial charge is 0.345 e. The van der Waals surface area contributed by atoms with Gasteiger partial charge in [-0.15, -0.1) is 0 Å². The third-order valence-corrected chi connectivity index (χ3v) is 5.89. The van der Waals surface area contributed by atoms with Gasteiger partial charge in [-0.2, -0.15) is 5.10 Å². The van der Waals surface area contributed by atoms with Crippen molar-refractivity contribution in [3.8, 4) is 11.5 Å². The van der Waals surface area contributed by atoms with Gasteiger partial charge in [0.2, 0.25) is 0 Å². The zero-order valence-corrected chi connectivity index (χ0v) is 22.6. The molecule has 0 fully saturated rings. The zero-order chi connectivity index (χ0) is 27.1. The van der Waals surface area contributed by atoms with Gasteiger partial charge in [-0.1, -0.05) is 70.5 Å². The molecule has 194 valence electrons. The van der Waals surface area contributed by atoms with Crippen molar-refractivity contribution < 1.29 is 19.1 Å². The molecular weight excluding hydrogens is 488 g/mol. The Morgan fingerprint density at radius 2 is 1.51 bits per heavy atom. The number of carbonyl (C=O) groups is 2. The van der Waals surface area contributed by atoms with E-state index in [1.54, 1.807) is 48.5 Å². The Morgan fingerprint density at radius 1 is 0.892 bits per heavy atom. The molecule has 37 heavy (non-hydrogen) atoms. The molecule has 0 saturated heterocycles. The first-order valence-corrected chi connectivity index (χ1v) is 12.4. The molecule has 0 aromatic heterocycles. The predicted octanol–water partition coefficient (Wildman–Crippen LogP) is 6.80. The SMILES string of the molecule is CC(C)(C)CC(C)(C)c1ccc(OCC(=O)N/N=C/c2ccc(OC(=O)c3ccccc3Cl)cc2)cc1. The van der Waals surface area contributed by atoms with Crippen molar-refractivity contribution in [2.24, 2.45) is 10.5 Å². The third kappa shape index (κ3) is 8.76. The van der Waals surface area contributed by atoms with Crippen LogP contribution < -0.4 is 14.9 Å². The highest BCUT2D eigenvalue weighted by atomic mass is 35.5. The Balaban J connectivity index is 1.45. The molecule has 0 atom stereocenters. The Bertz CT molecular complexity index is 1240. The number of hydrogen-bond acceptors (Lipinski definition) is 5. The number of halogens is 1. The number of esters is 1. The molecule has 3 aromatic carbocycles. The van der Waals surface area contributed by atoms with Crippen molar-refractivity contribution in [2.45, 2.75) is 46.5 Å². The minimum Gasteiger partial charge on any atom is -0.484 e. The van der Waals surface area contributed by atoms with E-state index in [9.17, 15) is 9.59 Å². The second-order valence-corrected chi connectivity index (χ2v) is 11.1. The van der Waals surface area contributed by atoms with Crippen LogP contribution in [0, 0.1) is 5.41 Å². The quantitative estimate of drug-likeness (QED) is 0.146. The average molecular weight is 521 g/mol. The first-order valence-electron chi connectivity index (χ1n) is 12.0. The molecule has 0 bridgehead atoms. The highest BCUT2D eigenvalue weighted by Crippen LogP contribution is 2.36. The van der Waals surface area contributed by atoms with Crippen LogP contribution in [0.25, 0.3) is 0 Å². The Labute approximate surface area is 223 Å². The number of nitrogens with zero attached hydrogens (tertiary/aromatic N) is 1. The summed E-state index contributed by atoms with van der Waals surface area (Å²) in [7, 11) is 0. The molecule has 0 aliphatic heterocycles. The van der Waals surface area contributed by atoms with E-state index < -0.39 is 5.97 Å². The summed E-state index contributed by atoms with van der Waals surface area (Å²) in [5.74, 6) is 0.0740. The molecular formula is C30H33ClN2O4. The van der Waals surface area contributed by atoms with Crippen LogP contribution in [0.4, 0.5) is 0 Å². The summed E-state index contributed by atoms with van der Waals surface area (Å²) in [6, 6.07) is 21.2. The van der Waals surface area contributed by atoms with Gasteiger partial charge >= 0.3 is 5.97 Å². The number of ether oxygens (including phenoxy) is 2. The second kappa shape index (κ2) is 12.1. The Morgan fingerprint density at radius 3 is 2.14 bits per heavy atom. The normalized spacial score (nSPS) is 11.8. The summed E-state index contributed by atoms with van der Waals surface area (Å²) >= 11 is 6.03. The number of nitrogens with one attached hydrogen (secondary N) is 1. The molecule has 3 aromatic rings. The molecule has 1 N–H and O–H groups in total. The maximum absolute atomic E-state index is 12.2. The fourth-order valence-corrected chi connectivity index (χ4v) is 4.41. The van der Waals surface area contributed by atoms with Crippen molar-refractivity contribution in [1.82, 2.24) is 5.43 Å². The van der Waals surface area contributed by atoms with Crippen molar-refractivity contribution in [2.75, 3.05) is 6.61 Å². The van der Waals surface area contributed by atoms with Gasteiger partial charge < -0.3 is 9.47 Å². The zero-order valence-electron chi connectivity index (χ0n) is 21.9. The van der Waals surface area contributed by atoms with Crippen LogP contribution in [0.3, 0.4) is 0 Å². The highest BCUT2D eigenvalue weighted by Gasteiger charge is 2.27. The van der Waals surface area contributed by atoms with E-state index in [1.165, 1.54) is 11.8 Å². The number of hydrogen-bond donors (Lipinski definition) is 1. The van der Waals surface area contributed by atoms with E-state index in [2.05, 4.69) is 45.1 Å². The standard InChI is InChI=1S/C30H33ClN2O4/c1-29(2,3)20-30(4,5)22-12-16-23(17-13-22)36-19-27(34)33-32-18-21-10-14-24(15-11-21)37-28(35)25-8-6-7-9-26(25)31/h6-18H,19-20H2,1-5H3,(H,33,34)/b32-18+. The van der Waals surface area contributed by atoms with E-state index in [4.69, 9.17) is 21.1 Å². The number of hydrazone groups is 1. The van der Waals surface area contributed by atoms with Gasteiger partial charge in [-0.3, -0.25) is 4.79 Å². The maximum Gasteiger partial charge on any atom is 0.345 e. The number of rotatable bonds is 9. The fourth-order valence-electron chi connectivity index (χ4n) is 4.20. The van der Waals surface area contributed by atoms with Gasteiger partial charge in [-0.05, 0) is 76.9 Å². The first kappa shape index (κ1) is 27.9. The third-order valence-electron chi connectivity index (χ3n) is 5.57. The lowest BCUT2D eigenvalue weighted by Crippen LogP contribution is -2.25.